The zero-order valence-electron chi connectivity index (χ0n) is 14.2. The van der Waals surface area contributed by atoms with Crippen LogP contribution in [0.2, 0.25) is 0 Å². The molecule has 3 heterocycles. The van der Waals surface area contributed by atoms with Crippen molar-refractivity contribution in [2.24, 2.45) is 5.73 Å². The predicted octanol–water partition coefficient (Wildman–Crippen LogP) is 4.51. The van der Waals surface area contributed by atoms with Crippen LogP contribution < -0.4 is 10.5 Å². The summed E-state index contributed by atoms with van der Waals surface area (Å²) in [6, 6.07) is 4.21. The highest BCUT2D eigenvalue weighted by Crippen LogP contribution is 2.52. The fourth-order valence-electron chi connectivity index (χ4n) is 4.64. The fourth-order valence-corrected chi connectivity index (χ4v) is 4.64. The van der Waals surface area contributed by atoms with Gasteiger partial charge in [0.15, 0.2) is 5.58 Å². The lowest BCUT2D eigenvalue weighted by atomic mass is 9.81. The molecule has 1 saturated carbocycles. The average molecular weight is 322 g/mol. The molecule has 2 aromatic heterocycles. The molecular formula is C20H22N2O2. The predicted molar refractivity (Wildman–Crippen MR) is 94.5 cm³/mol. The maximum Gasteiger partial charge on any atom is 0.161 e. The van der Waals surface area contributed by atoms with Gasteiger partial charge >= 0.3 is 0 Å². The Morgan fingerprint density at radius 1 is 1.21 bits per heavy atom. The van der Waals surface area contributed by atoms with E-state index in [0.29, 0.717) is 0 Å². The maximum absolute atomic E-state index is 6.41. The molecule has 1 spiro atoms. The van der Waals surface area contributed by atoms with Gasteiger partial charge in [0, 0.05) is 22.4 Å². The van der Waals surface area contributed by atoms with Gasteiger partial charge in [0.2, 0.25) is 0 Å². The van der Waals surface area contributed by atoms with Crippen molar-refractivity contribution in [3.8, 4) is 5.75 Å². The Morgan fingerprint density at radius 2 is 2.00 bits per heavy atom. The van der Waals surface area contributed by atoms with Crippen molar-refractivity contribution >= 4 is 22.1 Å². The van der Waals surface area contributed by atoms with Crippen LogP contribution in [0.4, 0.5) is 0 Å². The first-order valence-corrected chi connectivity index (χ1v) is 8.84. The normalized spacial score (nSPS) is 20.0. The second kappa shape index (κ2) is 4.73. The standard InChI is InChI=1S/C20H22N2O2/c1-11-7-13(12(2)21)18-14(8-11)17-19(24-18)16-15(9-22-17)23-10-20(16)5-3-4-6-20/h7-9,12H,3-6,10,21H2,1-2H3/t12-/m1/s1. The number of hydrogen-bond donors (Lipinski definition) is 1. The number of pyridine rings is 1. The highest BCUT2D eigenvalue weighted by Gasteiger charge is 2.45. The minimum atomic E-state index is -0.0716. The van der Waals surface area contributed by atoms with E-state index < -0.39 is 0 Å². The molecule has 2 aliphatic rings. The van der Waals surface area contributed by atoms with Gasteiger partial charge in [0.25, 0.3) is 0 Å². The Balaban J connectivity index is 1.89. The molecule has 4 heteroatoms. The van der Waals surface area contributed by atoms with Gasteiger partial charge in [-0.2, -0.15) is 0 Å². The third kappa shape index (κ3) is 1.75. The quantitative estimate of drug-likeness (QED) is 0.716. The number of rotatable bonds is 1. The van der Waals surface area contributed by atoms with Gasteiger partial charge in [0.1, 0.15) is 16.8 Å². The number of aromatic nitrogens is 1. The van der Waals surface area contributed by atoms with Crippen molar-refractivity contribution in [3.63, 3.8) is 0 Å². The number of ether oxygens (including phenoxy) is 1. The van der Waals surface area contributed by atoms with Gasteiger partial charge in [-0.15, -0.1) is 0 Å². The second-order valence-corrected chi connectivity index (χ2v) is 7.57. The number of fused-ring (bicyclic) bond motifs is 6. The molecule has 0 saturated heterocycles. The van der Waals surface area contributed by atoms with Gasteiger partial charge in [-0.1, -0.05) is 18.9 Å². The largest absolute Gasteiger partial charge is 0.491 e. The zero-order chi connectivity index (χ0) is 16.5. The van der Waals surface area contributed by atoms with Crippen molar-refractivity contribution in [3.05, 3.63) is 35.0 Å². The number of nitrogens with zero attached hydrogens (tertiary/aromatic N) is 1. The lowest BCUT2D eigenvalue weighted by Gasteiger charge is -2.20. The summed E-state index contributed by atoms with van der Waals surface area (Å²) in [5.41, 5.74) is 12.5. The van der Waals surface area contributed by atoms with E-state index in [-0.39, 0.29) is 11.5 Å². The van der Waals surface area contributed by atoms with E-state index in [1.165, 1.54) is 36.8 Å². The molecule has 1 aliphatic heterocycles. The van der Waals surface area contributed by atoms with Gasteiger partial charge in [-0.05, 0) is 38.3 Å². The highest BCUT2D eigenvalue weighted by molar-refractivity contribution is 6.05. The van der Waals surface area contributed by atoms with E-state index in [2.05, 4.69) is 24.0 Å². The summed E-state index contributed by atoms with van der Waals surface area (Å²) in [5.74, 6) is 0.905. The van der Waals surface area contributed by atoms with Crippen LogP contribution >= 0.6 is 0 Å². The molecule has 24 heavy (non-hydrogen) atoms. The van der Waals surface area contributed by atoms with E-state index in [1.807, 2.05) is 13.1 Å². The molecule has 0 bridgehead atoms. The van der Waals surface area contributed by atoms with Crippen LogP contribution in [0.5, 0.6) is 5.75 Å². The minimum Gasteiger partial charge on any atom is -0.491 e. The molecule has 0 unspecified atom stereocenters. The second-order valence-electron chi connectivity index (χ2n) is 7.57. The maximum atomic E-state index is 6.41. The monoisotopic (exact) mass is 322 g/mol. The number of benzene rings is 1. The third-order valence-corrected chi connectivity index (χ3v) is 5.81. The third-order valence-electron chi connectivity index (χ3n) is 5.81. The Kier molecular flexibility index (Phi) is 2.82. The molecule has 2 N–H and O–H groups in total. The minimum absolute atomic E-state index is 0.0716. The highest BCUT2D eigenvalue weighted by atomic mass is 16.5. The van der Waals surface area contributed by atoms with E-state index in [0.717, 1.165) is 40.0 Å². The average Bonchev–Trinajstić information content (AvgIpc) is 3.25. The summed E-state index contributed by atoms with van der Waals surface area (Å²) in [7, 11) is 0. The molecule has 4 nitrogen and oxygen atoms in total. The van der Waals surface area contributed by atoms with Gasteiger partial charge in [0.05, 0.1) is 18.4 Å². The molecular weight excluding hydrogens is 300 g/mol. The Hall–Kier alpha value is -2.07. The van der Waals surface area contributed by atoms with Crippen LogP contribution in [0, 0.1) is 6.92 Å². The lowest BCUT2D eigenvalue weighted by molar-refractivity contribution is 0.267. The summed E-state index contributed by atoms with van der Waals surface area (Å²) in [6.07, 6.45) is 6.76. The summed E-state index contributed by atoms with van der Waals surface area (Å²) >= 11 is 0. The molecule has 1 fully saturated rings. The van der Waals surface area contributed by atoms with Gasteiger partial charge in [-0.3, -0.25) is 0 Å². The molecule has 0 amide bonds. The molecule has 1 aliphatic carbocycles. The van der Waals surface area contributed by atoms with Crippen LogP contribution in [-0.2, 0) is 5.41 Å². The topological polar surface area (TPSA) is 61.3 Å². The summed E-state index contributed by atoms with van der Waals surface area (Å²) in [6.45, 7) is 4.86. The van der Waals surface area contributed by atoms with Crippen molar-refractivity contribution in [1.82, 2.24) is 4.98 Å². The van der Waals surface area contributed by atoms with Crippen LogP contribution in [0.25, 0.3) is 22.1 Å². The smallest absolute Gasteiger partial charge is 0.161 e. The van der Waals surface area contributed by atoms with E-state index in [1.54, 1.807) is 0 Å². The summed E-state index contributed by atoms with van der Waals surface area (Å²) in [4.78, 5) is 4.68. The Labute approximate surface area is 141 Å². The van der Waals surface area contributed by atoms with Crippen molar-refractivity contribution in [2.75, 3.05) is 6.61 Å². The van der Waals surface area contributed by atoms with Crippen molar-refractivity contribution < 1.29 is 9.15 Å². The summed E-state index contributed by atoms with van der Waals surface area (Å²) < 4.78 is 12.4. The van der Waals surface area contributed by atoms with E-state index >= 15 is 0 Å². The zero-order valence-corrected chi connectivity index (χ0v) is 14.2. The first kappa shape index (κ1) is 14.3. The number of aryl methyl sites for hydroxylation is 1. The van der Waals surface area contributed by atoms with Crippen molar-refractivity contribution in [1.29, 1.82) is 0 Å². The van der Waals surface area contributed by atoms with Crippen LogP contribution in [0.3, 0.4) is 0 Å². The van der Waals surface area contributed by atoms with Gasteiger partial charge in [-0.25, -0.2) is 4.98 Å². The molecule has 0 radical (unpaired) electrons. The number of nitrogens with two attached hydrogens (primary N) is 1. The Morgan fingerprint density at radius 3 is 2.75 bits per heavy atom. The molecule has 1 aromatic carbocycles. The van der Waals surface area contributed by atoms with E-state index in [4.69, 9.17) is 14.9 Å². The van der Waals surface area contributed by atoms with Crippen LogP contribution in [0.15, 0.2) is 22.7 Å². The van der Waals surface area contributed by atoms with E-state index in [9.17, 15) is 0 Å². The molecule has 1 atom stereocenters. The van der Waals surface area contributed by atoms with Crippen molar-refractivity contribution in [2.45, 2.75) is 51.0 Å². The van der Waals surface area contributed by atoms with Crippen LogP contribution in [0.1, 0.15) is 55.3 Å². The number of furan rings is 1. The molecule has 5 rings (SSSR count). The molecule has 3 aromatic rings. The first-order chi connectivity index (χ1) is 11.6. The Bertz CT molecular complexity index is 965. The lowest BCUT2D eigenvalue weighted by Crippen LogP contribution is -2.23. The fraction of sp³-hybridized carbons (Fsp3) is 0.450. The van der Waals surface area contributed by atoms with Crippen LogP contribution in [-0.4, -0.2) is 11.6 Å². The SMILES string of the molecule is Cc1cc([C@@H](C)N)c2oc3c4c(cnc3c2c1)OCC41CCCC1. The molecule has 124 valence electrons. The summed E-state index contributed by atoms with van der Waals surface area (Å²) in [5, 5.41) is 1.07. The number of hydrogen-bond acceptors (Lipinski definition) is 4. The van der Waals surface area contributed by atoms with Gasteiger partial charge < -0.3 is 14.9 Å². The first-order valence-electron chi connectivity index (χ1n) is 8.84.